The molecule has 0 radical (unpaired) electrons. The lowest BCUT2D eigenvalue weighted by atomic mass is 10.2. The van der Waals surface area contributed by atoms with Crippen LogP contribution in [-0.4, -0.2) is 40.7 Å². The fraction of sp³-hybridized carbons (Fsp3) is 0.263. The molecule has 5 nitrogen and oxygen atoms in total. The summed E-state index contributed by atoms with van der Waals surface area (Å²) in [5.74, 6) is 0.763. The number of nitrogens with one attached hydrogen (secondary N) is 1. The zero-order chi connectivity index (χ0) is 17.9. The predicted molar refractivity (Wildman–Crippen MR) is 104 cm³/mol. The van der Waals surface area contributed by atoms with Crippen LogP contribution < -0.4 is 4.90 Å². The van der Waals surface area contributed by atoms with Gasteiger partial charge in [0.15, 0.2) is 12.5 Å². The number of hydrogen-bond donors (Lipinski definition) is 1. The van der Waals surface area contributed by atoms with Crippen molar-refractivity contribution < 1.29 is 9.64 Å². The van der Waals surface area contributed by atoms with Crippen LogP contribution in [0.1, 0.15) is 0 Å². The van der Waals surface area contributed by atoms with E-state index in [-0.39, 0.29) is 0 Å². The Labute approximate surface area is 162 Å². The molecule has 0 atom stereocenters. The van der Waals surface area contributed by atoms with Crippen LogP contribution in [0.15, 0.2) is 54.6 Å². The first-order valence-electron chi connectivity index (χ1n) is 8.65. The average Bonchev–Trinajstić information content (AvgIpc) is 3.00. The van der Waals surface area contributed by atoms with Gasteiger partial charge in [-0.15, -0.1) is 5.10 Å². The van der Waals surface area contributed by atoms with Gasteiger partial charge in [-0.3, -0.25) is 4.57 Å². The smallest absolute Gasteiger partial charge is 0.207 e. The summed E-state index contributed by atoms with van der Waals surface area (Å²) < 4.78 is 10.0. The van der Waals surface area contributed by atoms with Gasteiger partial charge in [0.2, 0.25) is 4.77 Å². The molecular weight excluding hydrogens is 368 g/mol. The molecule has 1 aliphatic rings. The maximum absolute atomic E-state index is 6.45. The molecule has 0 bridgehead atoms. The summed E-state index contributed by atoms with van der Waals surface area (Å²) >= 11 is 12.2. The number of ether oxygens (including phenoxy) is 1. The SMILES string of the molecule is S=c1n(C[NH+]2CCOCC2)nc(-c2ccccc2Cl)n1-c1ccccc1. The van der Waals surface area contributed by atoms with Gasteiger partial charge in [-0.2, -0.15) is 4.68 Å². The number of nitrogens with zero attached hydrogens (tertiary/aromatic N) is 3. The van der Waals surface area contributed by atoms with Gasteiger partial charge >= 0.3 is 0 Å². The highest BCUT2D eigenvalue weighted by atomic mass is 35.5. The van der Waals surface area contributed by atoms with E-state index >= 15 is 0 Å². The highest BCUT2D eigenvalue weighted by Gasteiger charge is 2.20. The van der Waals surface area contributed by atoms with E-state index in [4.69, 9.17) is 33.7 Å². The first-order chi connectivity index (χ1) is 12.7. The predicted octanol–water partition coefficient (Wildman–Crippen LogP) is 2.60. The molecule has 2 aromatic carbocycles. The second kappa shape index (κ2) is 7.72. The van der Waals surface area contributed by atoms with Gasteiger partial charge in [-0.05, 0) is 36.5 Å². The first-order valence-corrected chi connectivity index (χ1v) is 9.44. The van der Waals surface area contributed by atoms with Crippen molar-refractivity contribution in [2.75, 3.05) is 26.3 Å². The lowest BCUT2D eigenvalue weighted by molar-refractivity contribution is -0.930. The van der Waals surface area contributed by atoms with Gasteiger partial charge in [-0.1, -0.05) is 41.9 Å². The third-order valence-electron chi connectivity index (χ3n) is 4.54. The first kappa shape index (κ1) is 17.4. The number of benzene rings is 2. The molecule has 0 spiro atoms. The maximum Gasteiger partial charge on any atom is 0.207 e. The van der Waals surface area contributed by atoms with Gasteiger partial charge in [0, 0.05) is 11.3 Å². The van der Waals surface area contributed by atoms with E-state index in [1.54, 1.807) is 0 Å². The molecule has 3 aromatic rings. The monoisotopic (exact) mass is 387 g/mol. The molecule has 0 unspecified atom stereocenters. The summed E-state index contributed by atoms with van der Waals surface area (Å²) in [6.07, 6.45) is 0. The van der Waals surface area contributed by atoms with Crippen LogP contribution in [-0.2, 0) is 11.4 Å². The van der Waals surface area contributed by atoms with Crippen molar-refractivity contribution in [2.45, 2.75) is 6.67 Å². The van der Waals surface area contributed by atoms with Crippen molar-refractivity contribution in [3.05, 3.63) is 64.4 Å². The van der Waals surface area contributed by atoms with Gasteiger partial charge in [-0.25, -0.2) is 0 Å². The molecule has 1 fully saturated rings. The molecule has 26 heavy (non-hydrogen) atoms. The number of rotatable bonds is 4. The molecule has 0 aliphatic carbocycles. The zero-order valence-electron chi connectivity index (χ0n) is 14.3. The second-order valence-corrected chi connectivity index (χ2v) is 7.05. The third-order valence-corrected chi connectivity index (χ3v) is 5.26. The second-order valence-electron chi connectivity index (χ2n) is 6.28. The van der Waals surface area contributed by atoms with Gasteiger partial charge < -0.3 is 9.64 Å². The number of para-hydroxylation sites is 1. The largest absolute Gasteiger partial charge is 0.370 e. The summed E-state index contributed by atoms with van der Waals surface area (Å²) in [5.41, 5.74) is 1.86. The molecule has 0 amide bonds. The van der Waals surface area contributed by atoms with Crippen LogP contribution in [0.3, 0.4) is 0 Å². The van der Waals surface area contributed by atoms with E-state index in [9.17, 15) is 0 Å². The molecular formula is C19H20ClN4OS+. The van der Waals surface area contributed by atoms with Crippen LogP contribution in [0.25, 0.3) is 17.1 Å². The van der Waals surface area contributed by atoms with Crippen molar-refractivity contribution in [2.24, 2.45) is 0 Å². The molecule has 1 N–H and O–H groups in total. The highest BCUT2D eigenvalue weighted by molar-refractivity contribution is 7.71. The number of hydrogen-bond acceptors (Lipinski definition) is 3. The van der Waals surface area contributed by atoms with Crippen molar-refractivity contribution in [1.82, 2.24) is 14.3 Å². The normalized spacial score (nSPS) is 15.3. The number of quaternary nitrogens is 1. The van der Waals surface area contributed by atoms with E-state index in [0.29, 0.717) is 9.79 Å². The van der Waals surface area contributed by atoms with Crippen molar-refractivity contribution in [3.63, 3.8) is 0 Å². The lowest BCUT2D eigenvalue weighted by Gasteiger charge is -2.23. The molecule has 2 heterocycles. The molecule has 1 aromatic heterocycles. The quantitative estimate of drug-likeness (QED) is 0.699. The summed E-state index contributed by atoms with van der Waals surface area (Å²) in [4.78, 5) is 1.41. The summed E-state index contributed by atoms with van der Waals surface area (Å²) in [6, 6.07) is 17.8. The Morgan fingerprint density at radius 1 is 1.04 bits per heavy atom. The Morgan fingerprint density at radius 2 is 1.73 bits per heavy atom. The molecule has 1 saturated heterocycles. The van der Waals surface area contributed by atoms with Gasteiger partial charge in [0.05, 0.1) is 18.2 Å². The van der Waals surface area contributed by atoms with E-state index in [1.165, 1.54) is 4.90 Å². The third kappa shape index (κ3) is 3.46. The number of halogens is 1. The Bertz CT molecular complexity index is 948. The topological polar surface area (TPSA) is 36.4 Å². The van der Waals surface area contributed by atoms with Crippen LogP contribution in [0.5, 0.6) is 0 Å². The minimum absolute atomic E-state index is 0.663. The van der Waals surface area contributed by atoms with Crippen LogP contribution in [0.4, 0.5) is 0 Å². The Morgan fingerprint density at radius 3 is 2.46 bits per heavy atom. The number of aromatic nitrogens is 3. The maximum atomic E-state index is 6.45. The highest BCUT2D eigenvalue weighted by Crippen LogP contribution is 2.28. The molecule has 1 aliphatic heterocycles. The Balaban J connectivity index is 1.82. The van der Waals surface area contributed by atoms with Crippen LogP contribution in [0, 0.1) is 4.77 Å². The van der Waals surface area contributed by atoms with E-state index in [2.05, 4.69) is 0 Å². The minimum Gasteiger partial charge on any atom is -0.370 e. The van der Waals surface area contributed by atoms with E-state index in [1.807, 2.05) is 63.8 Å². The van der Waals surface area contributed by atoms with Crippen molar-refractivity contribution in [3.8, 4) is 17.1 Å². The van der Waals surface area contributed by atoms with Crippen molar-refractivity contribution in [1.29, 1.82) is 0 Å². The number of morpholine rings is 1. The van der Waals surface area contributed by atoms with Crippen LogP contribution >= 0.6 is 23.8 Å². The summed E-state index contributed by atoms with van der Waals surface area (Å²) in [5, 5.41) is 5.50. The summed E-state index contributed by atoms with van der Waals surface area (Å²) in [6.45, 7) is 4.20. The average molecular weight is 388 g/mol. The minimum atomic E-state index is 0.663. The summed E-state index contributed by atoms with van der Waals surface area (Å²) in [7, 11) is 0. The molecule has 134 valence electrons. The van der Waals surface area contributed by atoms with Crippen LogP contribution in [0.2, 0.25) is 5.02 Å². The zero-order valence-corrected chi connectivity index (χ0v) is 15.8. The van der Waals surface area contributed by atoms with E-state index < -0.39 is 0 Å². The molecule has 7 heteroatoms. The van der Waals surface area contributed by atoms with E-state index in [0.717, 1.165) is 50.0 Å². The van der Waals surface area contributed by atoms with Crippen molar-refractivity contribution >= 4 is 23.8 Å². The fourth-order valence-electron chi connectivity index (χ4n) is 3.17. The van der Waals surface area contributed by atoms with Gasteiger partial charge in [0.25, 0.3) is 0 Å². The molecule has 0 saturated carbocycles. The molecule has 4 rings (SSSR count). The Kier molecular flexibility index (Phi) is 5.17. The lowest BCUT2D eigenvalue weighted by Crippen LogP contribution is -3.13. The fourth-order valence-corrected chi connectivity index (χ4v) is 3.68. The standard InChI is InChI=1S/C19H19ClN4OS/c20-17-9-5-4-8-16(17)18-21-23(14-22-10-12-25-13-11-22)19(26)24(18)15-6-2-1-3-7-15/h1-9H,10-14H2/p+1. The Hall–Kier alpha value is -1.99. The van der Waals surface area contributed by atoms with Gasteiger partial charge in [0.1, 0.15) is 13.1 Å².